The Hall–Kier alpha value is -2.88. The van der Waals surface area contributed by atoms with E-state index in [1.807, 2.05) is 60.7 Å². The topological polar surface area (TPSA) is 51.2 Å². The number of para-hydroxylation sites is 2. The van der Waals surface area contributed by atoms with Crippen molar-refractivity contribution in [3.63, 3.8) is 0 Å². The molecule has 0 unspecified atom stereocenters. The van der Waals surface area contributed by atoms with E-state index in [0.717, 1.165) is 16.5 Å². The highest BCUT2D eigenvalue weighted by atomic mass is 16.5. The number of pyridine rings is 1. The zero-order valence-electron chi connectivity index (χ0n) is 12.2. The second-order valence-corrected chi connectivity index (χ2v) is 4.93. The quantitative estimate of drug-likeness (QED) is 0.801. The lowest BCUT2D eigenvalue weighted by molar-refractivity contribution is -0.115. The van der Waals surface area contributed by atoms with Crippen LogP contribution in [0.3, 0.4) is 0 Å². The number of nitrogens with one attached hydrogen (secondary N) is 1. The first-order valence-electron chi connectivity index (χ1n) is 7.04. The van der Waals surface area contributed by atoms with E-state index in [-0.39, 0.29) is 12.3 Å². The molecule has 0 fully saturated rings. The van der Waals surface area contributed by atoms with Gasteiger partial charge in [0.15, 0.2) is 0 Å². The van der Waals surface area contributed by atoms with Gasteiger partial charge >= 0.3 is 0 Å². The number of rotatable bonds is 4. The molecule has 0 saturated heterocycles. The van der Waals surface area contributed by atoms with Crippen molar-refractivity contribution >= 4 is 22.6 Å². The summed E-state index contributed by atoms with van der Waals surface area (Å²) in [7, 11) is 1.60. The van der Waals surface area contributed by atoms with E-state index in [4.69, 9.17) is 4.74 Å². The Kier molecular flexibility index (Phi) is 4.01. The van der Waals surface area contributed by atoms with Crippen LogP contribution in [0.2, 0.25) is 0 Å². The maximum absolute atomic E-state index is 12.2. The number of methoxy groups -OCH3 is 1. The van der Waals surface area contributed by atoms with Crippen LogP contribution in [0.25, 0.3) is 10.9 Å². The molecule has 0 aliphatic carbocycles. The fourth-order valence-electron chi connectivity index (χ4n) is 2.34. The second-order valence-electron chi connectivity index (χ2n) is 4.93. The average Bonchev–Trinajstić information content (AvgIpc) is 2.55. The maximum atomic E-state index is 12.2. The molecule has 22 heavy (non-hydrogen) atoms. The van der Waals surface area contributed by atoms with Crippen molar-refractivity contribution in [3.05, 3.63) is 66.2 Å². The first-order chi connectivity index (χ1) is 10.8. The molecule has 1 N–H and O–H groups in total. The first-order valence-corrected chi connectivity index (χ1v) is 7.04. The molecule has 0 bridgehead atoms. The van der Waals surface area contributed by atoms with Crippen LogP contribution < -0.4 is 10.1 Å². The largest absolute Gasteiger partial charge is 0.496 e. The number of anilines is 1. The Labute approximate surface area is 128 Å². The van der Waals surface area contributed by atoms with Crippen LogP contribution in [0.15, 0.2) is 60.7 Å². The minimum atomic E-state index is -0.118. The summed E-state index contributed by atoms with van der Waals surface area (Å²) >= 11 is 0. The van der Waals surface area contributed by atoms with Gasteiger partial charge in [-0.15, -0.1) is 0 Å². The van der Waals surface area contributed by atoms with Crippen molar-refractivity contribution in [2.75, 3.05) is 12.4 Å². The fraction of sp³-hybridized carbons (Fsp3) is 0.111. The third kappa shape index (κ3) is 3.06. The van der Waals surface area contributed by atoms with E-state index in [0.29, 0.717) is 11.6 Å². The van der Waals surface area contributed by atoms with Gasteiger partial charge in [-0.3, -0.25) is 4.79 Å². The van der Waals surface area contributed by atoms with Crippen LogP contribution >= 0.6 is 0 Å². The zero-order chi connectivity index (χ0) is 15.4. The van der Waals surface area contributed by atoms with Crippen molar-refractivity contribution in [2.24, 2.45) is 0 Å². The molecule has 2 aromatic carbocycles. The summed E-state index contributed by atoms with van der Waals surface area (Å²) in [6, 6.07) is 19.0. The third-order valence-corrected chi connectivity index (χ3v) is 3.41. The number of amides is 1. The van der Waals surface area contributed by atoms with Gasteiger partial charge in [0.05, 0.1) is 19.0 Å². The van der Waals surface area contributed by atoms with Gasteiger partial charge in [-0.2, -0.15) is 0 Å². The molecule has 4 heteroatoms. The van der Waals surface area contributed by atoms with E-state index < -0.39 is 0 Å². The van der Waals surface area contributed by atoms with Crippen LogP contribution in [0, 0.1) is 0 Å². The molecule has 0 spiro atoms. The van der Waals surface area contributed by atoms with E-state index in [9.17, 15) is 4.79 Å². The highest BCUT2D eigenvalue weighted by molar-refractivity contribution is 5.93. The lowest BCUT2D eigenvalue weighted by atomic mass is 10.1. The minimum absolute atomic E-state index is 0.118. The molecular weight excluding hydrogens is 276 g/mol. The molecular formula is C18H16N2O2. The van der Waals surface area contributed by atoms with Gasteiger partial charge in [-0.1, -0.05) is 36.4 Å². The van der Waals surface area contributed by atoms with Crippen molar-refractivity contribution in [3.8, 4) is 5.75 Å². The van der Waals surface area contributed by atoms with Crippen molar-refractivity contribution < 1.29 is 9.53 Å². The van der Waals surface area contributed by atoms with E-state index in [1.165, 1.54) is 0 Å². The van der Waals surface area contributed by atoms with Crippen molar-refractivity contribution in [1.82, 2.24) is 4.98 Å². The Bertz CT molecular complexity index is 815. The summed E-state index contributed by atoms with van der Waals surface area (Å²) in [6.45, 7) is 0. The van der Waals surface area contributed by atoms with E-state index in [1.54, 1.807) is 7.11 Å². The Morgan fingerprint density at radius 3 is 2.68 bits per heavy atom. The molecule has 0 aliphatic rings. The standard InChI is InChI=1S/C18H16N2O2/c1-22-16-9-5-3-7-14(16)12-18(21)20-17-11-10-13-6-2-4-8-15(13)19-17/h2-11H,12H2,1H3,(H,19,20,21). The first kappa shape index (κ1) is 14.1. The predicted octanol–water partition coefficient (Wildman–Crippen LogP) is 3.42. The fourth-order valence-corrected chi connectivity index (χ4v) is 2.34. The number of carbonyl (C=O) groups excluding carboxylic acids is 1. The second kappa shape index (κ2) is 6.26. The van der Waals surface area contributed by atoms with Crippen LogP contribution in [-0.4, -0.2) is 18.0 Å². The monoisotopic (exact) mass is 292 g/mol. The van der Waals surface area contributed by atoms with E-state index >= 15 is 0 Å². The molecule has 3 aromatic rings. The molecule has 0 saturated carbocycles. The summed E-state index contributed by atoms with van der Waals surface area (Å²) in [5.74, 6) is 1.15. The lowest BCUT2D eigenvalue weighted by Gasteiger charge is -2.09. The molecule has 1 aromatic heterocycles. The van der Waals surface area contributed by atoms with Gasteiger partial charge in [0, 0.05) is 10.9 Å². The van der Waals surface area contributed by atoms with Crippen LogP contribution in [-0.2, 0) is 11.2 Å². The number of ether oxygens (including phenoxy) is 1. The molecule has 110 valence electrons. The Morgan fingerprint density at radius 2 is 1.82 bits per heavy atom. The van der Waals surface area contributed by atoms with Gasteiger partial charge < -0.3 is 10.1 Å². The summed E-state index contributed by atoms with van der Waals surface area (Å²) in [5, 5.41) is 3.87. The Morgan fingerprint density at radius 1 is 1.05 bits per heavy atom. The van der Waals surface area contributed by atoms with Crippen molar-refractivity contribution in [1.29, 1.82) is 0 Å². The molecule has 3 rings (SSSR count). The number of carbonyl (C=O) groups is 1. The number of nitrogens with zero attached hydrogens (tertiary/aromatic N) is 1. The van der Waals surface area contributed by atoms with Crippen LogP contribution in [0.5, 0.6) is 5.75 Å². The molecule has 1 amide bonds. The van der Waals surface area contributed by atoms with Gasteiger partial charge in [0.2, 0.25) is 5.91 Å². The summed E-state index contributed by atoms with van der Waals surface area (Å²) in [4.78, 5) is 16.6. The number of aromatic nitrogens is 1. The number of hydrogen-bond acceptors (Lipinski definition) is 3. The van der Waals surface area contributed by atoms with Crippen LogP contribution in [0.1, 0.15) is 5.56 Å². The zero-order valence-corrected chi connectivity index (χ0v) is 12.2. The highest BCUT2D eigenvalue weighted by Gasteiger charge is 2.09. The third-order valence-electron chi connectivity index (χ3n) is 3.41. The Balaban J connectivity index is 1.75. The van der Waals surface area contributed by atoms with Gasteiger partial charge in [0.1, 0.15) is 11.6 Å². The van der Waals surface area contributed by atoms with E-state index in [2.05, 4.69) is 10.3 Å². The SMILES string of the molecule is COc1ccccc1CC(=O)Nc1ccc2ccccc2n1. The van der Waals surface area contributed by atoms with Gasteiger partial charge in [0.25, 0.3) is 0 Å². The average molecular weight is 292 g/mol. The maximum Gasteiger partial charge on any atom is 0.230 e. The molecule has 0 radical (unpaired) electrons. The molecule has 1 heterocycles. The number of benzene rings is 2. The van der Waals surface area contributed by atoms with Gasteiger partial charge in [-0.05, 0) is 24.3 Å². The summed E-state index contributed by atoms with van der Waals surface area (Å²) in [6.07, 6.45) is 0.249. The van der Waals surface area contributed by atoms with Crippen molar-refractivity contribution in [2.45, 2.75) is 6.42 Å². The molecule has 0 aliphatic heterocycles. The number of hydrogen-bond donors (Lipinski definition) is 1. The van der Waals surface area contributed by atoms with Crippen LogP contribution in [0.4, 0.5) is 5.82 Å². The minimum Gasteiger partial charge on any atom is -0.496 e. The normalized spacial score (nSPS) is 10.4. The molecule has 0 atom stereocenters. The summed E-state index contributed by atoms with van der Waals surface area (Å²) in [5.41, 5.74) is 1.71. The predicted molar refractivity (Wildman–Crippen MR) is 87.1 cm³/mol. The smallest absolute Gasteiger partial charge is 0.230 e. The van der Waals surface area contributed by atoms with Gasteiger partial charge in [-0.25, -0.2) is 4.98 Å². The molecule has 4 nitrogen and oxygen atoms in total. The highest BCUT2D eigenvalue weighted by Crippen LogP contribution is 2.19. The lowest BCUT2D eigenvalue weighted by Crippen LogP contribution is -2.15. The number of fused-ring (bicyclic) bond motifs is 1. The summed E-state index contributed by atoms with van der Waals surface area (Å²) < 4.78 is 5.26.